The van der Waals surface area contributed by atoms with Crippen molar-refractivity contribution in [3.63, 3.8) is 0 Å². The van der Waals surface area contributed by atoms with E-state index in [1.54, 1.807) is 28.4 Å². The fraction of sp³-hybridized carbons (Fsp3) is 0.333. The average Bonchev–Trinajstić information content (AvgIpc) is 3.01. The summed E-state index contributed by atoms with van der Waals surface area (Å²) in [4.78, 5) is 0.971. The number of ether oxygens (including phenoxy) is 4. The lowest BCUT2D eigenvalue weighted by Crippen LogP contribution is -2.00. The van der Waals surface area contributed by atoms with Crippen molar-refractivity contribution >= 4 is 22.9 Å². The molecule has 0 fully saturated rings. The molecular weight excluding hydrogens is 312 g/mol. The molecule has 1 heterocycles. The molecule has 1 aromatic heterocycles. The third kappa shape index (κ3) is 3.04. The normalized spacial score (nSPS) is 11.9. The zero-order valence-electron chi connectivity index (χ0n) is 12.3. The Morgan fingerprint density at radius 2 is 1.67 bits per heavy atom. The van der Waals surface area contributed by atoms with Crippen molar-refractivity contribution in [2.45, 2.75) is 5.38 Å². The Hall–Kier alpha value is -1.59. The molecule has 0 aliphatic rings. The zero-order chi connectivity index (χ0) is 15.4. The standard InChI is InChI=1S/C15H17ClO4S/c1-17-9-7-12(21-8-9)13(16)10-5-6-11(18-2)15(20-4)14(10)19-3/h5-8,13H,1-4H3. The molecule has 2 aromatic rings. The number of halogens is 1. The third-order valence-electron chi connectivity index (χ3n) is 3.09. The maximum atomic E-state index is 6.59. The molecule has 21 heavy (non-hydrogen) atoms. The number of rotatable bonds is 6. The van der Waals surface area contributed by atoms with Crippen LogP contribution in [0.1, 0.15) is 15.8 Å². The minimum Gasteiger partial charge on any atom is -0.496 e. The SMILES string of the molecule is COc1csc(C(Cl)c2ccc(OC)c(OC)c2OC)c1. The molecule has 6 heteroatoms. The third-order valence-corrected chi connectivity index (χ3v) is 4.66. The number of hydrogen-bond donors (Lipinski definition) is 0. The lowest BCUT2D eigenvalue weighted by Gasteiger charge is -2.18. The minimum absolute atomic E-state index is 0.353. The van der Waals surface area contributed by atoms with E-state index in [1.165, 1.54) is 11.3 Å². The van der Waals surface area contributed by atoms with Crippen LogP contribution >= 0.6 is 22.9 Å². The van der Waals surface area contributed by atoms with Crippen LogP contribution in [0.15, 0.2) is 23.6 Å². The summed E-state index contributed by atoms with van der Waals surface area (Å²) in [6.07, 6.45) is 0. The number of benzene rings is 1. The van der Waals surface area contributed by atoms with Crippen molar-refractivity contribution < 1.29 is 18.9 Å². The number of thiophene rings is 1. The van der Waals surface area contributed by atoms with Gasteiger partial charge in [-0.25, -0.2) is 0 Å². The maximum absolute atomic E-state index is 6.59. The topological polar surface area (TPSA) is 36.9 Å². The molecule has 0 radical (unpaired) electrons. The van der Waals surface area contributed by atoms with Crippen LogP contribution in [0.25, 0.3) is 0 Å². The van der Waals surface area contributed by atoms with Crippen LogP contribution in [0, 0.1) is 0 Å². The van der Waals surface area contributed by atoms with Gasteiger partial charge in [-0.1, -0.05) is 0 Å². The smallest absolute Gasteiger partial charge is 0.203 e. The van der Waals surface area contributed by atoms with E-state index in [0.29, 0.717) is 17.2 Å². The van der Waals surface area contributed by atoms with Crippen LogP contribution in [-0.4, -0.2) is 28.4 Å². The second-order valence-corrected chi connectivity index (χ2v) is 5.55. The van der Waals surface area contributed by atoms with Crippen LogP contribution in [0.2, 0.25) is 0 Å². The molecular formula is C15H17ClO4S. The van der Waals surface area contributed by atoms with Gasteiger partial charge in [0.1, 0.15) is 5.75 Å². The molecule has 1 unspecified atom stereocenters. The predicted octanol–water partition coefficient (Wildman–Crippen LogP) is 4.11. The first-order valence-corrected chi connectivity index (χ1v) is 7.53. The fourth-order valence-corrected chi connectivity index (χ4v) is 3.29. The van der Waals surface area contributed by atoms with Gasteiger partial charge in [-0.2, -0.15) is 0 Å². The fourth-order valence-electron chi connectivity index (χ4n) is 2.05. The summed E-state index contributed by atoms with van der Waals surface area (Å²) >= 11 is 8.12. The number of methoxy groups -OCH3 is 4. The second-order valence-electron chi connectivity index (χ2n) is 4.18. The summed E-state index contributed by atoms with van der Waals surface area (Å²) in [5.41, 5.74) is 0.821. The molecule has 0 bridgehead atoms. The largest absolute Gasteiger partial charge is 0.496 e. The summed E-state index contributed by atoms with van der Waals surface area (Å²) in [6, 6.07) is 5.61. The summed E-state index contributed by atoms with van der Waals surface area (Å²) in [5.74, 6) is 2.50. The average molecular weight is 329 g/mol. The van der Waals surface area contributed by atoms with E-state index in [2.05, 4.69) is 0 Å². The van der Waals surface area contributed by atoms with Crippen molar-refractivity contribution in [2.24, 2.45) is 0 Å². The Kier molecular flexibility index (Phi) is 5.20. The van der Waals surface area contributed by atoms with Crippen molar-refractivity contribution in [1.29, 1.82) is 0 Å². The van der Waals surface area contributed by atoms with Gasteiger partial charge in [0.15, 0.2) is 11.5 Å². The Morgan fingerprint density at radius 1 is 0.952 bits per heavy atom. The highest BCUT2D eigenvalue weighted by Crippen LogP contribution is 2.46. The van der Waals surface area contributed by atoms with Gasteiger partial charge in [0.2, 0.25) is 5.75 Å². The number of alkyl halides is 1. The molecule has 2 rings (SSSR count). The summed E-state index contributed by atoms with van der Waals surface area (Å²) < 4.78 is 21.3. The highest BCUT2D eigenvalue weighted by atomic mass is 35.5. The first kappa shape index (κ1) is 15.8. The molecule has 4 nitrogen and oxygen atoms in total. The van der Waals surface area contributed by atoms with E-state index in [-0.39, 0.29) is 5.38 Å². The Morgan fingerprint density at radius 3 is 2.19 bits per heavy atom. The Balaban J connectivity index is 2.47. The van der Waals surface area contributed by atoms with Gasteiger partial charge in [-0.15, -0.1) is 22.9 Å². The molecule has 0 saturated heterocycles. The van der Waals surface area contributed by atoms with Crippen molar-refractivity contribution in [3.8, 4) is 23.0 Å². The Labute approximate surface area is 133 Å². The highest BCUT2D eigenvalue weighted by molar-refractivity contribution is 7.10. The summed E-state index contributed by atoms with van der Waals surface area (Å²) in [5, 5.41) is 1.56. The van der Waals surface area contributed by atoms with E-state index >= 15 is 0 Å². The molecule has 0 N–H and O–H groups in total. The maximum Gasteiger partial charge on any atom is 0.203 e. The van der Waals surface area contributed by atoms with Gasteiger partial charge in [-0.3, -0.25) is 0 Å². The molecule has 114 valence electrons. The van der Waals surface area contributed by atoms with E-state index in [1.807, 2.05) is 23.6 Å². The van der Waals surface area contributed by atoms with E-state index in [4.69, 9.17) is 30.5 Å². The first-order chi connectivity index (χ1) is 10.2. The van der Waals surface area contributed by atoms with Crippen LogP contribution in [0.5, 0.6) is 23.0 Å². The quantitative estimate of drug-likeness (QED) is 0.748. The molecule has 0 aliphatic heterocycles. The molecule has 1 aromatic carbocycles. The van der Waals surface area contributed by atoms with E-state index < -0.39 is 0 Å². The van der Waals surface area contributed by atoms with Crippen LogP contribution in [0.4, 0.5) is 0 Å². The van der Waals surface area contributed by atoms with E-state index in [0.717, 1.165) is 16.2 Å². The monoisotopic (exact) mass is 328 g/mol. The lowest BCUT2D eigenvalue weighted by atomic mass is 10.1. The molecule has 0 saturated carbocycles. The summed E-state index contributed by atoms with van der Waals surface area (Å²) in [6.45, 7) is 0. The van der Waals surface area contributed by atoms with Crippen molar-refractivity contribution in [1.82, 2.24) is 0 Å². The van der Waals surface area contributed by atoms with Crippen LogP contribution in [0.3, 0.4) is 0 Å². The second kappa shape index (κ2) is 6.91. The highest BCUT2D eigenvalue weighted by Gasteiger charge is 2.23. The number of hydrogen-bond acceptors (Lipinski definition) is 5. The van der Waals surface area contributed by atoms with Crippen molar-refractivity contribution in [2.75, 3.05) is 28.4 Å². The Bertz CT molecular complexity index is 612. The predicted molar refractivity (Wildman–Crippen MR) is 84.7 cm³/mol. The van der Waals surface area contributed by atoms with Crippen molar-refractivity contribution in [3.05, 3.63) is 34.0 Å². The van der Waals surface area contributed by atoms with Gasteiger partial charge in [0.25, 0.3) is 0 Å². The van der Waals surface area contributed by atoms with Crippen LogP contribution in [-0.2, 0) is 0 Å². The van der Waals surface area contributed by atoms with Gasteiger partial charge in [-0.05, 0) is 18.2 Å². The van der Waals surface area contributed by atoms with Gasteiger partial charge >= 0.3 is 0 Å². The van der Waals surface area contributed by atoms with E-state index in [9.17, 15) is 0 Å². The first-order valence-electron chi connectivity index (χ1n) is 6.21. The van der Waals surface area contributed by atoms with Crippen LogP contribution < -0.4 is 18.9 Å². The molecule has 0 spiro atoms. The molecule has 0 amide bonds. The minimum atomic E-state index is -0.353. The lowest BCUT2D eigenvalue weighted by molar-refractivity contribution is 0.322. The van der Waals surface area contributed by atoms with Gasteiger partial charge in [0, 0.05) is 15.8 Å². The van der Waals surface area contributed by atoms with Gasteiger partial charge in [0.05, 0.1) is 33.8 Å². The molecule has 1 atom stereocenters. The summed E-state index contributed by atoms with van der Waals surface area (Å²) in [7, 11) is 6.37. The molecule has 0 aliphatic carbocycles. The van der Waals surface area contributed by atoms with Gasteiger partial charge < -0.3 is 18.9 Å². The zero-order valence-corrected chi connectivity index (χ0v) is 13.9.